The highest BCUT2D eigenvalue weighted by Gasteiger charge is 1.99. The number of nitrogens with zero attached hydrogens (tertiary/aromatic N) is 1. The average molecular weight is 170 g/mol. The zero-order valence-electron chi connectivity index (χ0n) is 6.50. The normalized spacial score (nSPS) is 9.64. The van der Waals surface area contributed by atoms with Crippen molar-refractivity contribution in [3.05, 3.63) is 12.3 Å². The number of nitrogen functional groups attached to an aromatic ring is 1. The van der Waals surface area contributed by atoms with Crippen LogP contribution in [-0.2, 0) is 0 Å². The molecule has 0 atom stereocenters. The monoisotopic (exact) mass is 170 g/mol. The van der Waals surface area contributed by atoms with Crippen LogP contribution < -0.4 is 10.5 Å². The molecule has 0 aliphatic heterocycles. The van der Waals surface area contributed by atoms with Gasteiger partial charge in [0.15, 0.2) is 0 Å². The Labute approximate surface area is 70.0 Å². The van der Waals surface area contributed by atoms with Gasteiger partial charge in [-0.25, -0.2) is 4.98 Å². The maximum Gasteiger partial charge on any atom is 0.236 e. The van der Waals surface area contributed by atoms with Crippen molar-refractivity contribution < 1.29 is 4.74 Å². The van der Waals surface area contributed by atoms with E-state index in [1.165, 1.54) is 0 Å². The molecule has 60 valence electrons. The number of anilines is 1. The molecule has 0 radical (unpaired) electrons. The number of methoxy groups -OCH3 is 1. The van der Waals surface area contributed by atoms with Gasteiger partial charge in [0, 0.05) is 11.1 Å². The molecule has 0 bridgehead atoms. The number of hydrogen-bond acceptors (Lipinski definition) is 4. The van der Waals surface area contributed by atoms with E-state index in [4.69, 9.17) is 10.5 Å². The molecule has 0 amide bonds. The summed E-state index contributed by atoms with van der Waals surface area (Å²) >= 11 is 1.60. The molecule has 0 aromatic carbocycles. The van der Waals surface area contributed by atoms with Crippen LogP contribution in [0.4, 0.5) is 5.69 Å². The summed E-state index contributed by atoms with van der Waals surface area (Å²) < 4.78 is 4.90. The summed E-state index contributed by atoms with van der Waals surface area (Å²) in [6, 6.07) is 1.84. The van der Waals surface area contributed by atoms with E-state index in [2.05, 4.69) is 4.98 Å². The van der Waals surface area contributed by atoms with Gasteiger partial charge in [-0.2, -0.15) is 0 Å². The minimum atomic E-state index is 0.489. The summed E-state index contributed by atoms with van der Waals surface area (Å²) in [6.07, 6.45) is 3.71. The van der Waals surface area contributed by atoms with Gasteiger partial charge in [0.2, 0.25) is 5.88 Å². The van der Waals surface area contributed by atoms with Crippen LogP contribution in [0.2, 0.25) is 0 Å². The Morgan fingerprint density at radius 3 is 2.82 bits per heavy atom. The zero-order chi connectivity index (χ0) is 8.27. The molecule has 1 aromatic heterocycles. The third kappa shape index (κ3) is 1.77. The first-order valence-electron chi connectivity index (χ1n) is 3.11. The van der Waals surface area contributed by atoms with E-state index in [0.717, 1.165) is 4.90 Å². The van der Waals surface area contributed by atoms with Crippen molar-refractivity contribution in [2.24, 2.45) is 0 Å². The second-order valence-electron chi connectivity index (χ2n) is 1.97. The Kier molecular flexibility index (Phi) is 2.59. The number of nitrogens with two attached hydrogens (primary N) is 1. The molecule has 4 heteroatoms. The number of pyridine rings is 1. The van der Waals surface area contributed by atoms with E-state index in [0.29, 0.717) is 11.6 Å². The number of aromatic nitrogens is 1. The van der Waals surface area contributed by atoms with Crippen molar-refractivity contribution in [2.45, 2.75) is 4.90 Å². The topological polar surface area (TPSA) is 48.1 Å². The van der Waals surface area contributed by atoms with Crippen molar-refractivity contribution in [2.75, 3.05) is 19.1 Å². The maximum atomic E-state index is 5.61. The van der Waals surface area contributed by atoms with Gasteiger partial charge in [0.25, 0.3) is 0 Å². The largest absolute Gasteiger partial charge is 0.480 e. The van der Waals surface area contributed by atoms with E-state index in [9.17, 15) is 0 Å². The molecular formula is C7H10N2OS. The highest BCUT2D eigenvalue weighted by molar-refractivity contribution is 7.98. The predicted octanol–water partition coefficient (Wildman–Crippen LogP) is 1.39. The van der Waals surface area contributed by atoms with Crippen LogP contribution in [0, 0.1) is 0 Å². The molecule has 1 aromatic rings. The molecule has 0 aliphatic rings. The van der Waals surface area contributed by atoms with Crippen molar-refractivity contribution in [3.63, 3.8) is 0 Å². The maximum absolute atomic E-state index is 5.61. The predicted molar refractivity (Wildman–Crippen MR) is 47.0 cm³/mol. The fourth-order valence-electron chi connectivity index (χ4n) is 0.731. The summed E-state index contributed by atoms with van der Waals surface area (Å²) in [5, 5.41) is 0. The van der Waals surface area contributed by atoms with Gasteiger partial charge < -0.3 is 10.5 Å². The first kappa shape index (κ1) is 8.20. The van der Waals surface area contributed by atoms with Crippen LogP contribution in [0.15, 0.2) is 17.2 Å². The summed E-state index contributed by atoms with van der Waals surface area (Å²) in [5.74, 6) is 0.489. The molecule has 0 saturated heterocycles. The van der Waals surface area contributed by atoms with E-state index in [-0.39, 0.29) is 0 Å². The zero-order valence-corrected chi connectivity index (χ0v) is 7.31. The van der Waals surface area contributed by atoms with Crippen molar-refractivity contribution in [3.8, 4) is 5.88 Å². The standard InChI is InChI=1S/C7H10N2OS/c1-10-7-6(8)3-5(11-2)4-9-7/h3-4H,8H2,1-2H3. The van der Waals surface area contributed by atoms with Crippen molar-refractivity contribution >= 4 is 17.4 Å². The fraction of sp³-hybridized carbons (Fsp3) is 0.286. The van der Waals surface area contributed by atoms with Crippen LogP contribution >= 0.6 is 11.8 Å². The Balaban J connectivity index is 2.99. The van der Waals surface area contributed by atoms with Crippen LogP contribution in [0.25, 0.3) is 0 Å². The Morgan fingerprint density at radius 1 is 1.64 bits per heavy atom. The Morgan fingerprint density at radius 2 is 2.36 bits per heavy atom. The Hall–Kier alpha value is -0.900. The second-order valence-corrected chi connectivity index (χ2v) is 2.85. The number of hydrogen-bond donors (Lipinski definition) is 1. The van der Waals surface area contributed by atoms with E-state index < -0.39 is 0 Å². The molecule has 0 saturated carbocycles. The lowest BCUT2D eigenvalue weighted by atomic mass is 10.4. The smallest absolute Gasteiger partial charge is 0.236 e. The summed E-state index contributed by atoms with van der Waals surface area (Å²) in [6.45, 7) is 0. The SMILES string of the molecule is COc1ncc(SC)cc1N. The quantitative estimate of drug-likeness (QED) is 0.681. The number of thioether (sulfide) groups is 1. The van der Waals surface area contributed by atoms with Gasteiger partial charge in [0.1, 0.15) is 0 Å². The van der Waals surface area contributed by atoms with Gasteiger partial charge in [-0.05, 0) is 12.3 Å². The van der Waals surface area contributed by atoms with Gasteiger partial charge in [-0.15, -0.1) is 11.8 Å². The van der Waals surface area contributed by atoms with Crippen LogP contribution in [0.3, 0.4) is 0 Å². The van der Waals surface area contributed by atoms with Crippen LogP contribution in [-0.4, -0.2) is 18.3 Å². The third-order valence-electron chi connectivity index (χ3n) is 1.28. The van der Waals surface area contributed by atoms with Gasteiger partial charge in [-0.3, -0.25) is 0 Å². The van der Waals surface area contributed by atoms with Gasteiger partial charge >= 0.3 is 0 Å². The van der Waals surface area contributed by atoms with Crippen molar-refractivity contribution in [1.29, 1.82) is 0 Å². The molecule has 0 unspecified atom stereocenters. The first-order chi connectivity index (χ1) is 5.27. The highest BCUT2D eigenvalue weighted by atomic mass is 32.2. The van der Waals surface area contributed by atoms with E-state index in [1.54, 1.807) is 25.1 Å². The minimum Gasteiger partial charge on any atom is -0.480 e. The lowest BCUT2D eigenvalue weighted by Crippen LogP contribution is -1.94. The van der Waals surface area contributed by atoms with Crippen molar-refractivity contribution in [1.82, 2.24) is 4.98 Å². The fourth-order valence-corrected chi connectivity index (χ4v) is 1.13. The highest BCUT2D eigenvalue weighted by Crippen LogP contribution is 2.22. The van der Waals surface area contributed by atoms with Crippen LogP contribution in [0.5, 0.6) is 5.88 Å². The van der Waals surface area contributed by atoms with Gasteiger partial charge in [0.05, 0.1) is 12.8 Å². The molecule has 3 nitrogen and oxygen atoms in total. The third-order valence-corrected chi connectivity index (χ3v) is 1.98. The second kappa shape index (κ2) is 3.48. The first-order valence-corrected chi connectivity index (χ1v) is 4.34. The lowest BCUT2D eigenvalue weighted by molar-refractivity contribution is 0.399. The van der Waals surface area contributed by atoms with Crippen LogP contribution in [0.1, 0.15) is 0 Å². The lowest BCUT2D eigenvalue weighted by Gasteiger charge is -2.03. The minimum absolute atomic E-state index is 0.489. The van der Waals surface area contributed by atoms with E-state index in [1.807, 2.05) is 12.3 Å². The summed E-state index contributed by atoms with van der Waals surface area (Å²) in [7, 11) is 1.55. The molecular weight excluding hydrogens is 160 g/mol. The van der Waals surface area contributed by atoms with Gasteiger partial charge in [-0.1, -0.05) is 0 Å². The molecule has 2 N–H and O–H groups in total. The molecule has 0 aliphatic carbocycles. The summed E-state index contributed by atoms with van der Waals surface area (Å²) in [4.78, 5) is 5.04. The van der Waals surface area contributed by atoms with E-state index >= 15 is 0 Å². The molecule has 11 heavy (non-hydrogen) atoms. The molecule has 0 spiro atoms. The number of rotatable bonds is 2. The average Bonchev–Trinajstić information content (AvgIpc) is 2.04. The molecule has 1 rings (SSSR count). The Bertz CT molecular complexity index is 252. The molecule has 1 heterocycles. The molecule has 0 fully saturated rings. The summed E-state index contributed by atoms with van der Waals surface area (Å²) in [5.41, 5.74) is 6.19. The number of ether oxygens (including phenoxy) is 1.